The van der Waals surface area contributed by atoms with Gasteiger partial charge in [0.05, 0.1) is 12.2 Å². The van der Waals surface area contributed by atoms with Gasteiger partial charge in [0.15, 0.2) is 0 Å². The topological polar surface area (TPSA) is 78.3 Å². The third-order valence-corrected chi connectivity index (χ3v) is 3.23. The summed E-state index contributed by atoms with van der Waals surface area (Å²) in [6, 6.07) is 6.93. The van der Waals surface area contributed by atoms with Gasteiger partial charge in [-0.1, -0.05) is 0 Å². The SMILES string of the molecule is NC(=O)c1cc(N)ccc1OCCc1ccsc1. The number of benzene rings is 1. The van der Waals surface area contributed by atoms with E-state index in [1.165, 1.54) is 11.6 Å². The van der Waals surface area contributed by atoms with E-state index in [0.717, 1.165) is 6.42 Å². The predicted octanol–water partition coefficient (Wildman–Crippen LogP) is 2.05. The Morgan fingerprint density at radius 3 is 2.83 bits per heavy atom. The first kappa shape index (κ1) is 12.4. The number of hydrogen-bond donors (Lipinski definition) is 2. The van der Waals surface area contributed by atoms with Crippen molar-refractivity contribution < 1.29 is 9.53 Å². The highest BCUT2D eigenvalue weighted by molar-refractivity contribution is 7.07. The van der Waals surface area contributed by atoms with Crippen LogP contribution >= 0.6 is 11.3 Å². The molecular weight excluding hydrogens is 248 g/mol. The van der Waals surface area contributed by atoms with Crippen LogP contribution in [0.25, 0.3) is 0 Å². The number of anilines is 1. The molecule has 5 heteroatoms. The molecule has 0 saturated carbocycles. The van der Waals surface area contributed by atoms with Crippen LogP contribution in [0, 0.1) is 0 Å². The van der Waals surface area contributed by atoms with Gasteiger partial charge in [0.1, 0.15) is 5.75 Å². The minimum atomic E-state index is -0.534. The molecule has 0 spiro atoms. The quantitative estimate of drug-likeness (QED) is 0.809. The highest BCUT2D eigenvalue weighted by atomic mass is 32.1. The van der Waals surface area contributed by atoms with Gasteiger partial charge < -0.3 is 16.2 Å². The lowest BCUT2D eigenvalue weighted by Gasteiger charge is -2.09. The number of hydrogen-bond acceptors (Lipinski definition) is 4. The smallest absolute Gasteiger partial charge is 0.252 e. The third-order valence-electron chi connectivity index (χ3n) is 2.50. The van der Waals surface area contributed by atoms with Gasteiger partial charge in [-0.2, -0.15) is 11.3 Å². The average molecular weight is 262 g/mol. The van der Waals surface area contributed by atoms with Crippen LogP contribution in [0.15, 0.2) is 35.0 Å². The summed E-state index contributed by atoms with van der Waals surface area (Å²) >= 11 is 1.65. The van der Waals surface area contributed by atoms with Gasteiger partial charge in [0.2, 0.25) is 0 Å². The molecule has 1 heterocycles. The summed E-state index contributed by atoms with van der Waals surface area (Å²) < 4.78 is 5.58. The van der Waals surface area contributed by atoms with Gasteiger partial charge >= 0.3 is 0 Å². The second-order valence-corrected chi connectivity index (χ2v) is 4.63. The Morgan fingerprint density at radius 2 is 2.17 bits per heavy atom. The molecule has 0 bridgehead atoms. The number of carbonyl (C=O) groups excluding carboxylic acids is 1. The molecule has 0 saturated heterocycles. The van der Waals surface area contributed by atoms with Gasteiger partial charge in [-0.25, -0.2) is 0 Å². The van der Waals surface area contributed by atoms with E-state index < -0.39 is 5.91 Å². The summed E-state index contributed by atoms with van der Waals surface area (Å²) in [7, 11) is 0. The second kappa shape index (κ2) is 5.55. The van der Waals surface area contributed by atoms with Crippen LogP contribution in [-0.4, -0.2) is 12.5 Å². The number of carbonyl (C=O) groups is 1. The summed E-state index contributed by atoms with van der Waals surface area (Å²) in [6.07, 6.45) is 0.798. The Hall–Kier alpha value is -2.01. The zero-order valence-electron chi connectivity index (χ0n) is 9.76. The van der Waals surface area contributed by atoms with Gasteiger partial charge in [0.25, 0.3) is 5.91 Å². The molecule has 0 atom stereocenters. The van der Waals surface area contributed by atoms with Crippen LogP contribution in [0.2, 0.25) is 0 Å². The molecule has 2 aromatic rings. The first-order valence-electron chi connectivity index (χ1n) is 5.50. The molecule has 0 aliphatic carbocycles. The molecule has 0 radical (unpaired) electrons. The molecule has 18 heavy (non-hydrogen) atoms. The Balaban J connectivity index is 2.02. The fourth-order valence-electron chi connectivity index (χ4n) is 1.58. The van der Waals surface area contributed by atoms with Crippen molar-refractivity contribution in [2.45, 2.75) is 6.42 Å². The van der Waals surface area contributed by atoms with Gasteiger partial charge in [-0.05, 0) is 40.6 Å². The molecule has 2 rings (SSSR count). The molecule has 1 amide bonds. The first-order valence-corrected chi connectivity index (χ1v) is 6.44. The normalized spacial score (nSPS) is 10.2. The maximum atomic E-state index is 11.3. The van der Waals surface area contributed by atoms with Crippen molar-refractivity contribution in [3.05, 3.63) is 46.2 Å². The lowest BCUT2D eigenvalue weighted by Crippen LogP contribution is -2.14. The monoisotopic (exact) mass is 262 g/mol. The highest BCUT2D eigenvalue weighted by Crippen LogP contribution is 2.21. The summed E-state index contributed by atoms with van der Waals surface area (Å²) in [6.45, 7) is 0.501. The van der Waals surface area contributed by atoms with Crippen LogP contribution in [-0.2, 0) is 6.42 Å². The van der Waals surface area contributed by atoms with Gasteiger partial charge in [-0.3, -0.25) is 4.79 Å². The molecule has 1 aromatic carbocycles. The fraction of sp³-hybridized carbons (Fsp3) is 0.154. The summed E-state index contributed by atoms with van der Waals surface area (Å²) in [5, 5.41) is 4.09. The van der Waals surface area contributed by atoms with E-state index in [-0.39, 0.29) is 0 Å². The van der Waals surface area contributed by atoms with Crippen LogP contribution in [0.1, 0.15) is 15.9 Å². The number of thiophene rings is 1. The van der Waals surface area contributed by atoms with Crippen molar-refractivity contribution in [2.75, 3.05) is 12.3 Å². The van der Waals surface area contributed by atoms with Crippen molar-refractivity contribution in [3.8, 4) is 5.75 Å². The molecule has 4 nitrogen and oxygen atoms in total. The number of amides is 1. The number of ether oxygens (including phenoxy) is 1. The number of nitrogen functional groups attached to an aromatic ring is 1. The minimum Gasteiger partial charge on any atom is -0.492 e. The van der Waals surface area contributed by atoms with Crippen molar-refractivity contribution >= 4 is 22.9 Å². The van der Waals surface area contributed by atoms with E-state index in [1.54, 1.807) is 23.5 Å². The van der Waals surface area contributed by atoms with E-state index >= 15 is 0 Å². The number of nitrogens with two attached hydrogens (primary N) is 2. The van der Waals surface area contributed by atoms with E-state index in [9.17, 15) is 4.79 Å². The first-order chi connectivity index (χ1) is 8.66. The zero-order valence-corrected chi connectivity index (χ0v) is 10.6. The summed E-state index contributed by atoms with van der Waals surface area (Å²) in [4.78, 5) is 11.3. The predicted molar refractivity (Wildman–Crippen MR) is 72.9 cm³/mol. The number of primary amides is 1. The molecular formula is C13H14N2O2S. The van der Waals surface area contributed by atoms with E-state index in [2.05, 4.69) is 5.38 Å². The third kappa shape index (κ3) is 3.01. The van der Waals surface area contributed by atoms with Crippen LogP contribution < -0.4 is 16.2 Å². The van der Waals surface area contributed by atoms with Gasteiger partial charge in [0, 0.05) is 12.1 Å². The average Bonchev–Trinajstić information content (AvgIpc) is 2.84. The molecule has 0 fully saturated rings. The van der Waals surface area contributed by atoms with Crippen LogP contribution in [0.5, 0.6) is 5.75 Å². The minimum absolute atomic E-state index is 0.320. The molecule has 0 unspecified atom stereocenters. The van der Waals surface area contributed by atoms with E-state index in [0.29, 0.717) is 23.6 Å². The molecule has 0 aliphatic rings. The maximum absolute atomic E-state index is 11.3. The number of rotatable bonds is 5. The van der Waals surface area contributed by atoms with Crippen LogP contribution in [0.4, 0.5) is 5.69 Å². The summed E-state index contributed by atoms with van der Waals surface area (Å²) in [5.74, 6) is -0.0558. The fourth-order valence-corrected chi connectivity index (χ4v) is 2.28. The standard InChI is InChI=1S/C13H14N2O2S/c14-10-1-2-12(11(7-10)13(15)16)17-5-3-9-4-6-18-8-9/h1-2,4,6-8H,3,5,14H2,(H2,15,16). The Bertz CT molecular complexity index is 538. The largest absolute Gasteiger partial charge is 0.492 e. The molecule has 4 N–H and O–H groups in total. The van der Waals surface area contributed by atoms with E-state index in [4.69, 9.17) is 16.2 Å². The van der Waals surface area contributed by atoms with Crippen molar-refractivity contribution in [3.63, 3.8) is 0 Å². The molecule has 0 aliphatic heterocycles. The molecule has 1 aromatic heterocycles. The van der Waals surface area contributed by atoms with Crippen LogP contribution in [0.3, 0.4) is 0 Å². The Kier molecular flexibility index (Phi) is 3.84. The summed E-state index contributed by atoms with van der Waals surface area (Å²) in [5.41, 5.74) is 12.9. The zero-order chi connectivity index (χ0) is 13.0. The maximum Gasteiger partial charge on any atom is 0.252 e. The van der Waals surface area contributed by atoms with Crippen molar-refractivity contribution in [1.82, 2.24) is 0 Å². The lowest BCUT2D eigenvalue weighted by atomic mass is 10.1. The Labute approximate surface area is 109 Å². The lowest BCUT2D eigenvalue weighted by molar-refractivity contribution is 0.0996. The second-order valence-electron chi connectivity index (χ2n) is 3.85. The van der Waals surface area contributed by atoms with Gasteiger partial charge in [-0.15, -0.1) is 0 Å². The van der Waals surface area contributed by atoms with E-state index in [1.807, 2.05) is 11.4 Å². The Morgan fingerprint density at radius 1 is 1.33 bits per heavy atom. The van der Waals surface area contributed by atoms with Crippen molar-refractivity contribution in [2.24, 2.45) is 5.73 Å². The molecule has 94 valence electrons. The van der Waals surface area contributed by atoms with Crippen molar-refractivity contribution in [1.29, 1.82) is 0 Å². The highest BCUT2D eigenvalue weighted by Gasteiger charge is 2.09.